The van der Waals surface area contributed by atoms with E-state index in [1.807, 2.05) is 0 Å². The maximum absolute atomic E-state index is 13.5. The molecule has 0 bridgehead atoms. The first kappa shape index (κ1) is 29.7. The molecule has 2 heterocycles. The van der Waals surface area contributed by atoms with Gasteiger partial charge < -0.3 is 14.5 Å². The maximum Gasteiger partial charge on any atom is 0.573 e. The van der Waals surface area contributed by atoms with Crippen LogP contribution in [0.5, 0.6) is 5.75 Å². The summed E-state index contributed by atoms with van der Waals surface area (Å²) in [5.41, 5.74) is -0.910. The molecule has 4 aromatic rings. The minimum absolute atomic E-state index is 0.00837. The molecule has 1 aliphatic heterocycles. The Morgan fingerprint density at radius 1 is 0.814 bits per heavy atom. The van der Waals surface area contributed by atoms with Gasteiger partial charge in [-0.3, -0.25) is 19.3 Å². The molecule has 0 atom stereocenters. The zero-order valence-corrected chi connectivity index (χ0v) is 22.8. The van der Waals surface area contributed by atoms with Crippen LogP contribution in [-0.2, 0) is 10.0 Å². The van der Waals surface area contributed by atoms with Crippen molar-refractivity contribution in [2.24, 2.45) is 0 Å². The van der Waals surface area contributed by atoms with Gasteiger partial charge in [0.05, 0.1) is 11.2 Å². The second-order valence-corrected chi connectivity index (χ2v) is 11.1. The molecule has 0 unspecified atom stereocenters. The number of rotatable bonds is 6. The summed E-state index contributed by atoms with van der Waals surface area (Å²) in [5.74, 6) is -4.16. The zero-order valence-electron chi connectivity index (χ0n) is 21.9. The van der Waals surface area contributed by atoms with Crippen molar-refractivity contribution in [1.82, 2.24) is 14.8 Å². The number of carbonyl (C=O) groups excluding carboxylic acids is 2. The van der Waals surface area contributed by atoms with Gasteiger partial charge in [0.2, 0.25) is 0 Å². The van der Waals surface area contributed by atoms with Gasteiger partial charge in [0, 0.05) is 55.0 Å². The largest absolute Gasteiger partial charge is 0.573 e. The first-order valence-corrected chi connectivity index (χ1v) is 14.1. The molecule has 9 nitrogen and oxygen atoms in total. The number of anilines is 1. The van der Waals surface area contributed by atoms with Crippen LogP contribution >= 0.6 is 0 Å². The molecule has 3 aromatic carbocycles. The highest BCUT2D eigenvalue weighted by atomic mass is 32.2. The highest BCUT2D eigenvalue weighted by Crippen LogP contribution is 2.34. The fourth-order valence-corrected chi connectivity index (χ4v) is 5.85. The molecule has 5 rings (SSSR count). The number of nitrogens with one attached hydrogen (secondary N) is 1. The molecule has 0 saturated carbocycles. The number of aromatic nitrogens is 1. The second-order valence-electron chi connectivity index (χ2n) is 9.44. The fourth-order valence-electron chi connectivity index (χ4n) is 4.60. The molecule has 0 spiro atoms. The van der Waals surface area contributed by atoms with Gasteiger partial charge in [-0.05, 0) is 42.5 Å². The number of amides is 2. The predicted molar refractivity (Wildman–Crippen MR) is 144 cm³/mol. The Kier molecular flexibility index (Phi) is 7.92. The SMILES string of the molecule is O=C(c1cc(F)cc(F)c1)N1CCN(C(=O)c2ccc(NS(=O)(=O)c3cccc4cccnc34)c(OC(F)(F)F)c2)CC1. The molecule has 1 aliphatic rings. The quantitative estimate of drug-likeness (QED) is 0.310. The van der Waals surface area contributed by atoms with Gasteiger partial charge in [-0.2, -0.15) is 0 Å². The van der Waals surface area contributed by atoms with Crippen LogP contribution in [0, 0.1) is 11.6 Å². The van der Waals surface area contributed by atoms with Crippen LogP contribution in [0.25, 0.3) is 10.9 Å². The summed E-state index contributed by atoms with van der Waals surface area (Å²) in [6, 6.07) is 12.8. The van der Waals surface area contributed by atoms with Crippen LogP contribution in [0.4, 0.5) is 27.6 Å². The molecule has 2 amide bonds. The van der Waals surface area contributed by atoms with Gasteiger partial charge in [-0.1, -0.05) is 18.2 Å². The highest BCUT2D eigenvalue weighted by molar-refractivity contribution is 7.93. The number of alkyl halides is 3. The first-order valence-electron chi connectivity index (χ1n) is 12.6. The maximum atomic E-state index is 13.5. The lowest BCUT2D eigenvalue weighted by Crippen LogP contribution is -2.50. The van der Waals surface area contributed by atoms with Crippen LogP contribution in [-0.4, -0.2) is 67.6 Å². The number of carbonyl (C=O) groups is 2. The van der Waals surface area contributed by atoms with Crippen molar-refractivity contribution in [3.63, 3.8) is 0 Å². The van der Waals surface area contributed by atoms with Crippen molar-refractivity contribution in [3.8, 4) is 5.75 Å². The summed E-state index contributed by atoms with van der Waals surface area (Å²) in [7, 11) is -4.45. The van der Waals surface area contributed by atoms with E-state index in [9.17, 15) is 40.0 Å². The van der Waals surface area contributed by atoms with E-state index in [0.717, 1.165) is 30.3 Å². The average molecular weight is 621 g/mol. The smallest absolute Gasteiger partial charge is 0.404 e. The van der Waals surface area contributed by atoms with Crippen molar-refractivity contribution in [3.05, 3.63) is 95.7 Å². The fraction of sp³-hybridized carbons (Fsp3) is 0.179. The summed E-state index contributed by atoms with van der Waals surface area (Å²) in [5, 5.41) is 0.489. The number of para-hydroxylation sites is 1. The van der Waals surface area contributed by atoms with Crippen molar-refractivity contribution in [1.29, 1.82) is 0 Å². The number of benzene rings is 3. The van der Waals surface area contributed by atoms with Crippen molar-refractivity contribution in [2.75, 3.05) is 30.9 Å². The number of sulfonamides is 1. The van der Waals surface area contributed by atoms with E-state index in [0.29, 0.717) is 11.5 Å². The van der Waals surface area contributed by atoms with E-state index in [1.54, 1.807) is 18.2 Å². The number of halogens is 5. The topological polar surface area (TPSA) is 109 Å². The Hall–Kier alpha value is -4.79. The molecule has 15 heteroatoms. The van der Waals surface area contributed by atoms with E-state index in [2.05, 4.69) is 14.4 Å². The molecular weight excluding hydrogens is 599 g/mol. The standard InChI is InChI=1S/C28H21F5N4O5S/c29-20-13-19(14-21(30)16-20)27(39)37-11-9-36(10-12-37)26(38)18-6-7-22(23(15-18)42-28(31,32)33)35-43(40,41)24-5-1-3-17-4-2-8-34-25(17)24/h1-8,13-16,35H,9-12H2. The summed E-state index contributed by atoms with van der Waals surface area (Å²) in [6.45, 7) is -0.0717. The van der Waals surface area contributed by atoms with E-state index in [4.69, 9.17) is 0 Å². The van der Waals surface area contributed by atoms with Crippen molar-refractivity contribution in [2.45, 2.75) is 11.3 Å². The minimum atomic E-state index is -5.22. The molecular formula is C28H21F5N4O5S. The third-order valence-electron chi connectivity index (χ3n) is 6.55. The van der Waals surface area contributed by atoms with Gasteiger partial charge in [-0.15, -0.1) is 13.2 Å². The molecule has 0 radical (unpaired) electrons. The third-order valence-corrected chi connectivity index (χ3v) is 7.94. The number of pyridine rings is 1. The number of nitrogens with zero attached hydrogens (tertiary/aromatic N) is 3. The summed E-state index contributed by atoms with van der Waals surface area (Å²) >= 11 is 0. The lowest BCUT2D eigenvalue weighted by Gasteiger charge is -2.35. The third kappa shape index (κ3) is 6.66. The Balaban J connectivity index is 1.35. The monoisotopic (exact) mass is 620 g/mol. The van der Waals surface area contributed by atoms with E-state index in [1.165, 1.54) is 28.1 Å². The molecule has 43 heavy (non-hydrogen) atoms. The Labute approximate surface area is 241 Å². The number of piperazine rings is 1. The normalized spacial score (nSPS) is 14.1. The molecule has 0 aliphatic carbocycles. The summed E-state index contributed by atoms with van der Waals surface area (Å²) in [6.07, 6.45) is -3.85. The number of fused-ring (bicyclic) bond motifs is 1. The summed E-state index contributed by atoms with van der Waals surface area (Å²) in [4.78, 5) is 32.2. The Morgan fingerprint density at radius 3 is 2.05 bits per heavy atom. The molecule has 224 valence electrons. The van der Waals surface area contributed by atoms with Crippen LogP contribution < -0.4 is 9.46 Å². The molecule has 1 N–H and O–H groups in total. The van der Waals surface area contributed by atoms with Crippen LogP contribution in [0.1, 0.15) is 20.7 Å². The van der Waals surface area contributed by atoms with Crippen LogP contribution in [0.15, 0.2) is 77.8 Å². The molecule has 1 fully saturated rings. The van der Waals surface area contributed by atoms with Gasteiger partial charge in [0.25, 0.3) is 21.8 Å². The number of hydrogen-bond acceptors (Lipinski definition) is 6. The van der Waals surface area contributed by atoms with Crippen molar-refractivity contribution >= 4 is 38.4 Å². The van der Waals surface area contributed by atoms with E-state index in [-0.39, 0.29) is 47.7 Å². The van der Waals surface area contributed by atoms with Gasteiger partial charge >= 0.3 is 6.36 Å². The van der Waals surface area contributed by atoms with E-state index < -0.39 is 51.3 Å². The lowest BCUT2D eigenvalue weighted by molar-refractivity contribution is -0.274. The molecule has 1 aromatic heterocycles. The molecule has 1 saturated heterocycles. The average Bonchev–Trinajstić information content (AvgIpc) is 2.95. The Morgan fingerprint density at radius 2 is 1.42 bits per heavy atom. The van der Waals surface area contributed by atoms with Crippen LogP contribution in [0.2, 0.25) is 0 Å². The van der Waals surface area contributed by atoms with E-state index >= 15 is 0 Å². The van der Waals surface area contributed by atoms with Gasteiger partial charge in [0.1, 0.15) is 16.5 Å². The zero-order chi connectivity index (χ0) is 30.9. The van der Waals surface area contributed by atoms with Crippen molar-refractivity contribution < 1.29 is 44.7 Å². The summed E-state index contributed by atoms with van der Waals surface area (Å²) < 4.78 is 99.5. The number of ether oxygens (including phenoxy) is 1. The van der Waals surface area contributed by atoms with Gasteiger partial charge in [-0.25, -0.2) is 17.2 Å². The van der Waals surface area contributed by atoms with Crippen LogP contribution in [0.3, 0.4) is 0 Å². The first-order chi connectivity index (χ1) is 20.3. The van der Waals surface area contributed by atoms with Gasteiger partial charge in [0.15, 0.2) is 5.75 Å². The minimum Gasteiger partial charge on any atom is -0.404 e. The predicted octanol–water partition coefficient (Wildman–Crippen LogP) is 4.81. The lowest BCUT2D eigenvalue weighted by atomic mass is 10.1. The highest BCUT2D eigenvalue weighted by Gasteiger charge is 2.34. The second kappa shape index (κ2) is 11.5. The number of hydrogen-bond donors (Lipinski definition) is 1. The Bertz CT molecular complexity index is 1800.